The highest BCUT2D eigenvalue weighted by atomic mass is 32.2. The minimum atomic E-state index is -1.56. The van der Waals surface area contributed by atoms with E-state index in [9.17, 15) is 9.18 Å². The van der Waals surface area contributed by atoms with Crippen molar-refractivity contribution in [2.24, 2.45) is 16.8 Å². The van der Waals surface area contributed by atoms with Gasteiger partial charge in [0, 0.05) is 0 Å². The molecule has 2 bridgehead atoms. The van der Waals surface area contributed by atoms with Crippen LogP contribution < -0.4 is 5.32 Å². The van der Waals surface area contributed by atoms with E-state index in [1.54, 1.807) is 6.92 Å². The number of thioether (sulfide) groups is 1. The zero-order valence-corrected chi connectivity index (χ0v) is 12.5. The molecule has 0 aromatic heterocycles. The molecule has 1 aliphatic heterocycles. The molecule has 1 saturated heterocycles. The van der Waals surface area contributed by atoms with Gasteiger partial charge in [-0.05, 0) is 51.9 Å². The number of alkyl halides is 1. The summed E-state index contributed by atoms with van der Waals surface area (Å²) in [5, 5.41) is 3.39. The van der Waals surface area contributed by atoms with Crippen LogP contribution in [0.2, 0.25) is 0 Å². The van der Waals surface area contributed by atoms with Gasteiger partial charge < -0.3 is 5.32 Å². The topological polar surface area (TPSA) is 41.5 Å². The Bertz CT molecular complexity index is 445. The molecular formula is C14H21FN2OS. The fraction of sp³-hybridized carbons (Fsp3) is 0.857. The summed E-state index contributed by atoms with van der Waals surface area (Å²) in [4.78, 5) is 16.7. The van der Waals surface area contributed by atoms with E-state index in [2.05, 4.69) is 5.32 Å². The highest BCUT2D eigenvalue weighted by molar-refractivity contribution is 8.16. The van der Waals surface area contributed by atoms with Gasteiger partial charge in [0.2, 0.25) is 5.91 Å². The molecule has 5 heteroatoms. The lowest BCUT2D eigenvalue weighted by Crippen LogP contribution is -2.48. The first-order chi connectivity index (χ1) is 8.79. The molecule has 0 spiro atoms. The first-order valence-electron chi connectivity index (χ1n) is 7.07. The number of hydrogen-bond donors (Lipinski definition) is 1. The number of fused-ring (bicyclic) bond motifs is 2. The lowest BCUT2D eigenvalue weighted by molar-refractivity contribution is -0.124. The zero-order valence-electron chi connectivity index (χ0n) is 11.7. The van der Waals surface area contributed by atoms with Gasteiger partial charge in [-0.1, -0.05) is 18.2 Å². The number of carbonyl (C=O) groups is 1. The number of carbonyl (C=O) groups excluding carboxylic acids is 1. The molecule has 0 radical (unpaired) electrons. The van der Waals surface area contributed by atoms with Crippen LogP contribution in [0, 0.1) is 11.8 Å². The standard InChI is InChI=1S/C14H21FN2OS/c1-13(2,15)14(3)11(18)17-12(19-14)16-10-7-8-4-5-9(10)6-8/h8-10H,4-7H2,1-3H3,(H,16,17,18)/t8-,9?,10+,14+/m1/s1. The van der Waals surface area contributed by atoms with E-state index in [0.717, 1.165) is 12.3 Å². The molecule has 4 atom stereocenters. The number of aliphatic imine (C=N–C) groups is 1. The highest BCUT2D eigenvalue weighted by Crippen LogP contribution is 2.47. The Kier molecular flexibility index (Phi) is 2.97. The van der Waals surface area contributed by atoms with E-state index >= 15 is 0 Å². The summed E-state index contributed by atoms with van der Waals surface area (Å²) < 4.78 is 13.2. The number of rotatable bonds is 2. The van der Waals surface area contributed by atoms with Gasteiger partial charge in [-0.25, -0.2) is 4.39 Å². The van der Waals surface area contributed by atoms with Crippen molar-refractivity contribution in [2.45, 2.75) is 62.9 Å². The van der Waals surface area contributed by atoms with Crippen molar-refractivity contribution in [3.63, 3.8) is 0 Å². The minimum Gasteiger partial charge on any atom is -0.304 e. The van der Waals surface area contributed by atoms with Crippen LogP contribution in [0.1, 0.15) is 46.5 Å². The van der Waals surface area contributed by atoms with E-state index < -0.39 is 10.4 Å². The van der Waals surface area contributed by atoms with E-state index in [0.29, 0.717) is 17.1 Å². The van der Waals surface area contributed by atoms with Crippen molar-refractivity contribution in [1.29, 1.82) is 0 Å². The Labute approximate surface area is 117 Å². The second-order valence-corrected chi connectivity index (χ2v) is 8.15. The lowest BCUT2D eigenvalue weighted by atomic mass is 9.93. The third-order valence-electron chi connectivity index (χ3n) is 5.07. The van der Waals surface area contributed by atoms with Gasteiger partial charge in [0.25, 0.3) is 0 Å². The Morgan fingerprint density at radius 1 is 1.42 bits per heavy atom. The van der Waals surface area contributed by atoms with Crippen LogP contribution in [-0.4, -0.2) is 27.5 Å². The predicted molar refractivity (Wildman–Crippen MR) is 76.0 cm³/mol. The molecule has 3 fully saturated rings. The number of hydrogen-bond acceptors (Lipinski definition) is 3. The summed E-state index contributed by atoms with van der Waals surface area (Å²) in [6, 6.07) is 0.339. The number of nitrogens with zero attached hydrogens (tertiary/aromatic N) is 1. The number of amides is 1. The van der Waals surface area contributed by atoms with Crippen molar-refractivity contribution in [2.75, 3.05) is 0 Å². The molecule has 1 N–H and O–H groups in total. The van der Waals surface area contributed by atoms with Gasteiger partial charge in [-0.2, -0.15) is 0 Å². The molecule has 19 heavy (non-hydrogen) atoms. The van der Waals surface area contributed by atoms with Crippen LogP contribution in [0.5, 0.6) is 0 Å². The molecule has 3 rings (SSSR count). The maximum atomic E-state index is 14.2. The number of halogens is 1. The lowest BCUT2D eigenvalue weighted by Gasteiger charge is -2.29. The molecule has 2 saturated carbocycles. The summed E-state index contributed by atoms with van der Waals surface area (Å²) >= 11 is 1.26. The predicted octanol–water partition coefficient (Wildman–Crippen LogP) is 2.90. The fourth-order valence-corrected chi connectivity index (χ4v) is 4.56. The normalized spacial score (nSPS) is 44.1. The van der Waals surface area contributed by atoms with Crippen molar-refractivity contribution >= 4 is 22.8 Å². The van der Waals surface area contributed by atoms with Gasteiger partial charge in [0.15, 0.2) is 5.17 Å². The Morgan fingerprint density at radius 2 is 2.16 bits per heavy atom. The minimum absolute atomic E-state index is 0.257. The monoisotopic (exact) mass is 284 g/mol. The Hall–Kier alpha value is -0.580. The number of amidine groups is 1. The maximum Gasteiger partial charge on any atom is 0.245 e. The molecule has 0 aromatic rings. The smallest absolute Gasteiger partial charge is 0.245 e. The van der Waals surface area contributed by atoms with Crippen molar-refractivity contribution in [3.05, 3.63) is 0 Å². The van der Waals surface area contributed by atoms with Gasteiger partial charge in [-0.15, -0.1) is 0 Å². The Morgan fingerprint density at radius 3 is 2.63 bits per heavy atom. The second kappa shape index (κ2) is 4.21. The van der Waals surface area contributed by atoms with Crippen molar-refractivity contribution < 1.29 is 9.18 Å². The number of nitrogens with one attached hydrogen (secondary N) is 1. The molecule has 106 valence electrons. The molecule has 1 unspecified atom stereocenters. The van der Waals surface area contributed by atoms with E-state index in [1.807, 2.05) is 0 Å². The summed E-state index contributed by atoms with van der Waals surface area (Å²) in [5.41, 5.74) is -1.56. The third-order valence-corrected chi connectivity index (χ3v) is 6.55. The zero-order chi connectivity index (χ0) is 13.8. The van der Waals surface area contributed by atoms with Crippen molar-refractivity contribution in [1.82, 2.24) is 5.32 Å². The second-order valence-electron chi connectivity index (χ2n) is 6.74. The van der Waals surface area contributed by atoms with Crippen LogP contribution >= 0.6 is 11.8 Å². The summed E-state index contributed by atoms with van der Waals surface area (Å²) in [6.45, 7) is 4.58. The average Bonchev–Trinajstić information content (AvgIpc) is 2.94. The first-order valence-corrected chi connectivity index (χ1v) is 7.88. The molecule has 1 amide bonds. The quantitative estimate of drug-likeness (QED) is 0.847. The Balaban J connectivity index is 1.76. The summed E-state index contributed by atoms with van der Waals surface area (Å²) in [5.74, 6) is 1.25. The molecule has 2 aliphatic carbocycles. The largest absolute Gasteiger partial charge is 0.304 e. The van der Waals surface area contributed by atoms with Crippen LogP contribution in [0.4, 0.5) is 4.39 Å². The first kappa shape index (κ1) is 13.4. The fourth-order valence-electron chi connectivity index (χ4n) is 3.45. The highest BCUT2D eigenvalue weighted by Gasteiger charge is 2.54. The van der Waals surface area contributed by atoms with E-state index in [-0.39, 0.29) is 5.91 Å². The van der Waals surface area contributed by atoms with Gasteiger partial charge in [0.1, 0.15) is 10.4 Å². The summed E-state index contributed by atoms with van der Waals surface area (Å²) in [7, 11) is 0. The van der Waals surface area contributed by atoms with Gasteiger partial charge in [0.05, 0.1) is 6.04 Å². The van der Waals surface area contributed by atoms with E-state index in [4.69, 9.17) is 4.99 Å². The molecule has 0 aromatic carbocycles. The summed E-state index contributed by atoms with van der Waals surface area (Å²) in [6.07, 6.45) is 5.02. The van der Waals surface area contributed by atoms with E-state index in [1.165, 1.54) is 44.9 Å². The van der Waals surface area contributed by atoms with Crippen LogP contribution in [0.15, 0.2) is 4.99 Å². The molecular weight excluding hydrogens is 263 g/mol. The van der Waals surface area contributed by atoms with Crippen LogP contribution in [0.25, 0.3) is 0 Å². The van der Waals surface area contributed by atoms with Gasteiger partial charge >= 0.3 is 0 Å². The van der Waals surface area contributed by atoms with Crippen LogP contribution in [0.3, 0.4) is 0 Å². The maximum absolute atomic E-state index is 14.2. The average molecular weight is 284 g/mol. The van der Waals surface area contributed by atoms with Crippen LogP contribution in [-0.2, 0) is 4.79 Å². The molecule has 1 heterocycles. The molecule has 3 nitrogen and oxygen atoms in total. The van der Waals surface area contributed by atoms with Crippen molar-refractivity contribution in [3.8, 4) is 0 Å². The third kappa shape index (κ3) is 2.10. The SMILES string of the molecule is CC(C)(F)[C@@]1(C)SC(=N[C@H]2C[C@@H]3CCC2C3)NC1=O. The van der Waals surface area contributed by atoms with Gasteiger partial charge in [-0.3, -0.25) is 9.79 Å². The molecule has 3 aliphatic rings.